The van der Waals surface area contributed by atoms with Gasteiger partial charge in [0.05, 0.1) is 0 Å². The van der Waals surface area contributed by atoms with Gasteiger partial charge in [-0.05, 0) is 38.5 Å². The summed E-state index contributed by atoms with van der Waals surface area (Å²) in [5.74, 6) is -0.856. The molecular formula is C15H26N2O3. The summed E-state index contributed by atoms with van der Waals surface area (Å²) >= 11 is 0. The number of carbonyl (C=O) groups is 2. The number of hydrogen-bond acceptors (Lipinski definition) is 2. The molecule has 114 valence electrons. The van der Waals surface area contributed by atoms with Crippen molar-refractivity contribution in [1.82, 2.24) is 9.80 Å². The Morgan fingerprint density at radius 1 is 1.00 bits per heavy atom. The van der Waals surface area contributed by atoms with Crippen LogP contribution < -0.4 is 0 Å². The largest absolute Gasteiger partial charge is 0.480 e. The number of carbonyl (C=O) groups excluding carboxylic acids is 1. The van der Waals surface area contributed by atoms with Gasteiger partial charge in [0.25, 0.3) is 0 Å². The van der Waals surface area contributed by atoms with E-state index in [9.17, 15) is 14.7 Å². The van der Waals surface area contributed by atoms with Gasteiger partial charge in [0, 0.05) is 19.1 Å². The van der Waals surface area contributed by atoms with Crippen LogP contribution in [-0.2, 0) is 4.79 Å². The highest BCUT2D eigenvalue weighted by molar-refractivity contribution is 5.83. The lowest BCUT2D eigenvalue weighted by Gasteiger charge is -2.40. The SMILES string of the molecule is CCC1CCCCN1C(=O)N1CCCCCC1C(=O)O. The minimum atomic E-state index is -0.856. The molecule has 0 saturated carbocycles. The van der Waals surface area contributed by atoms with Crippen LogP contribution in [0.25, 0.3) is 0 Å². The van der Waals surface area contributed by atoms with E-state index in [4.69, 9.17) is 0 Å². The fourth-order valence-corrected chi connectivity index (χ4v) is 3.44. The molecule has 2 rings (SSSR count). The van der Waals surface area contributed by atoms with Gasteiger partial charge in [-0.25, -0.2) is 9.59 Å². The van der Waals surface area contributed by atoms with Crippen LogP contribution in [0.4, 0.5) is 4.79 Å². The monoisotopic (exact) mass is 282 g/mol. The third-order valence-electron chi connectivity index (χ3n) is 4.63. The highest BCUT2D eigenvalue weighted by Crippen LogP contribution is 2.24. The number of urea groups is 1. The van der Waals surface area contributed by atoms with E-state index in [1.54, 1.807) is 4.90 Å². The van der Waals surface area contributed by atoms with Gasteiger partial charge in [0.2, 0.25) is 0 Å². The number of amides is 2. The van der Waals surface area contributed by atoms with Crippen molar-refractivity contribution in [3.8, 4) is 0 Å². The molecule has 0 aromatic carbocycles. The van der Waals surface area contributed by atoms with Crippen LogP contribution in [0.3, 0.4) is 0 Å². The van der Waals surface area contributed by atoms with E-state index in [-0.39, 0.29) is 12.1 Å². The molecule has 2 atom stereocenters. The second-order valence-corrected chi connectivity index (χ2v) is 5.93. The summed E-state index contributed by atoms with van der Waals surface area (Å²) in [6, 6.07) is -0.399. The summed E-state index contributed by atoms with van der Waals surface area (Å²) in [6.07, 6.45) is 7.64. The Kier molecular flexibility index (Phi) is 5.26. The lowest BCUT2D eigenvalue weighted by atomic mass is 10.0. The van der Waals surface area contributed by atoms with E-state index in [2.05, 4.69) is 6.92 Å². The molecule has 0 bridgehead atoms. The highest BCUT2D eigenvalue weighted by atomic mass is 16.4. The summed E-state index contributed by atoms with van der Waals surface area (Å²) in [7, 11) is 0. The normalized spacial score (nSPS) is 28.1. The average Bonchev–Trinajstić information content (AvgIpc) is 2.72. The smallest absolute Gasteiger partial charge is 0.326 e. The Morgan fingerprint density at radius 3 is 2.35 bits per heavy atom. The molecule has 2 unspecified atom stereocenters. The van der Waals surface area contributed by atoms with Gasteiger partial charge in [-0.3, -0.25) is 0 Å². The summed E-state index contributed by atoms with van der Waals surface area (Å²) in [6.45, 7) is 3.47. The fourth-order valence-electron chi connectivity index (χ4n) is 3.44. The van der Waals surface area contributed by atoms with Crippen molar-refractivity contribution >= 4 is 12.0 Å². The summed E-state index contributed by atoms with van der Waals surface area (Å²) in [5.41, 5.74) is 0. The molecule has 5 heteroatoms. The van der Waals surface area contributed by atoms with Crippen molar-refractivity contribution in [2.24, 2.45) is 0 Å². The molecule has 2 aliphatic rings. The molecule has 5 nitrogen and oxygen atoms in total. The van der Waals surface area contributed by atoms with Crippen LogP contribution in [-0.4, -0.2) is 52.1 Å². The first-order valence-electron chi connectivity index (χ1n) is 7.95. The quantitative estimate of drug-likeness (QED) is 0.847. The molecule has 2 aliphatic heterocycles. The highest BCUT2D eigenvalue weighted by Gasteiger charge is 2.35. The topological polar surface area (TPSA) is 60.9 Å². The third kappa shape index (κ3) is 3.25. The van der Waals surface area contributed by atoms with Crippen molar-refractivity contribution in [2.75, 3.05) is 13.1 Å². The number of nitrogens with zero attached hydrogens (tertiary/aromatic N) is 2. The van der Waals surface area contributed by atoms with Gasteiger partial charge in [0.15, 0.2) is 0 Å². The molecule has 0 aromatic heterocycles. The van der Waals surface area contributed by atoms with Crippen LogP contribution in [0.1, 0.15) is 58.3 Å². The van der Waals surface area contributed by atoms with Gasteiger partial charge in [0.1, 0.15) is 6.04 Å². The zero-order valence-electron chi connectivity index (χ0n) is 12.4. The molecule has 2 amide bonds. The minimum absolute atomic E-state index is 0.0501. The van der Waals surface area contributed by atoms with Crippen molar-refractivity contribution in [2.45, 2.75) is 70.4 Å². The van der Waals surface area contributed by atoms with Crippen LogP contribution in [0.2, 0.25) is 0 Å². The van der Waals surface area contributed by atoms with Gasteiger partial charge in [-0.2, -0.15) is 0 Å². The summed E-state index contributed by atoms with van der Waals surface area (Å²) in [4.78, 5) is 27.8. The second-order valence-electron chi connectivity index (χ2n) is 5.93. The zero-order chi connectivity index (χ0) is 14.5. The van der Waals surface area contributed by atoms with E-state index in [0.717, 1.165) is 45.1 Å². The molecule has 0 aliphatic carbocycles. The molecule has 0 radical (unpaired) electrons. The number of carboxylic acids is 1. The van der Waals surface area contributed by atoms with E-state index in [1.165, 1.54) is 6.42 Å². The molecule has 0 spiro atoms. The average molecular weight is 282 g/mol. The van der Waals surface area contributed by atoms with Gasteiger partial charge >= 0.3 is 12.0 Å². The Balaban J connectivity index is 2.13. The van der Waals surface area contributed by atoms with E-state index < -0.39 is 12.0 Å². The first-order chi connectivity index (χ1) is 9.65. The first kappa shape index (κ1) is 15.1. The minimum Gasteiger partial charge on any atom is -0.480 e. The molecular weight excluding hydrogens is 256 g/mol. The molecule has 0 aromatic rings. The van der Waals surface area contributed by atoms with Gasteiger partial charge < -0.3 is 14.9 Å². The zero-order valence-corrected chi connectivity index (χ0v) is 12.4. The van der Waals surface area contributed by atoms with Crippen molar-refractivity contribution in [3.63, 3.8) is 0 Å². The van der Waals surface area contributed by atoms with Crippen LogP contribution in [0, 0.1) is 0 Å². The van der Waals surface area contributed by atoms with E-state index in [0.29, 0.717) is 13.0 Å². The standard InChI is InChI=1S/C15H26N2O3/c1-2-12-8-5-7-10-16(12)15(20)17-11-6-3-4-9-13(17)14(18)19/h12-13H,2-11H2,1H3,(H,18,19). The Morgan fingerprint density at radius 2 is 1.65 bits per heavy atom. The molecule has 2 saturated heterocycles. The number of likely N-dealkylation sites (tertiary alicyclic amines) is 2. The van der Waals surface area contributed by atoms with Crippen LogP contribution in [0.5, 0.6) is 0 Å². The molecule has 1 N–H and O–H groups in total. The Hall–Kier alpha value is -1.26. The molecule has 20 heavy (non-hydrogen) atoms. The predicted molar refractivity (Wildman–Crippen MR) is 76.6 cm³/mol. The Labute approximate surface area is 120 Å². The maximum atomic E-state index is 12.8. The van der Waals surface area contributed by atoms with E-state index in [1.807, 2.05) is 4.90 Å². The van der Waals surface area contributed by atoms with Crippen molar-refractivity contribution in [3.05, 3.63) is 0 Å². The second kappa shape index (κ2) is 6.95. The van der Waals surface area contributed by atoms with Crippen LogP contribution in [0.15, 0.2) is 0 Å². The van der Waals surface area contributed by atoms with Crippen molar-refractivity contribution < 1.29 is 14.7 Å². The number of aliphatic carboxylic acids is 1. The summed E-state index contributed by atoms with van der Waals surface area (Å²) in [5, 5.41) is 9.39. The predicted octanol–water partition coefficient (Wildman–Crippen LogP) is 2.70. The third-order valence-corrected chi connectivity index (χ3v) is 4.63. The number of piperidine rings is 1. The fraction of sp³-hybridized carbons (Fsp3) is 0.867. The first-order valence-corrected chi connectivity index (χ1v) is 7.95. The molecule has 2 heterocycles. The number of rotatable bonds is 2. The van der Waals surface area contributed by atoms with Gasteiger partial charge in [-0.1, -0.05) is 19.8 Å². The van der Waals surface area contributed by atoms with Gasteiger partial charge in [-0.15, -0.1) is 0 Å². The number of carboxylic acid groups (broad SMARTS) is 1. The van der Waals surface area contributed by atoms with E-state index >= 15 is 0 Å². The summed E-state index contributed by atoms with van der Waals surface area (Å²) < 4.78 is 0. The molecule has 2 fully saturated rings. The number of hydrogen-bond donors (Lipinski definition) is 1. The lowest BCUT2D eigenvalue weighted by Crippen LogP contribution is -2.54. The van der Waals surface area contributed by atoms with Crippen LogP contribution >= 0.6 is 0 Å². The Bertz CT molecular complexity index is 359. The maximum absolute atomic E-state index is 12.8. The maximum Gasteiger partial charge on any atom is 0.326 e. The van der Waals surface area contributed by atoms with Crippen molar-refractivity contribution in [1.29, 1.82) is 0 Å². The lowest BCUT2D eigenvalue weighted by molar-refractivity contribution is -0.142.